The summed E-state index contributed by atoms with van der Waals surface area (Å²) in [6, 6.07) is 3.64. The molecule has 1 heterocycles. The van der Waals surface area contributed by atoms with Crippen molar-refractivity contribution in [3.8, 4) is 11.5 Å². The molecule has 1 aliphatic rings. The number of anilines is 1. The Labute approximate surface area is 104 Å². The summed E-state index contributed by atoms with van der Waals surface area (Å²) in [5.41, 5.74) is 5.98. The standard InChI is InChI=1S/C11H14N2O3S/c1-17-10-5-9-8(15-2-3-16-9)4-7(10)13-11(14)6-12/h4-5H,2-3,6,12H2,1H3,(H,13,14). The maximum absolute atomic E-state index is 11.3. The van der Waals surface area contributed by atoms with Crippen molar-refractivity contribution in [3.63, 3.8) is 0 Å². The van der Waals surface area contributed by atoms with Gasteiger partial charge in [-0.2, -0.15) is 0 Å². The first-order valence-electron chi connectivity index (χ1n) is 5.22. The van der Waals surface area contributed by atoms with Gasteiger partial charge >= 0.3 is 0 Å². The van der Waals surface area contributed by atoms with E-state index in [2.05, 4.69) is 5.32 Å². The summed E-state index contributed by atoms with van der Waals surface area (Å²) >= 11 is 1.53. The Kier molecular flexibility index (Phi) is 3.75. The highest BCUT2D eigenvalue weighted by Crippen LogP contribution is 2.39. The van der Waals surface area contributed by atoms with Gasteiger partial charge in [-0.15, -0.1) is 11.8 Å². The molecule has 0 radical (unpaired) electrons. The maximum Gasteiger partial charge on any atom is 0.238 e. The van der Waals surface area contributed by atoms with Gasteiger partial charge in [-0.05, 0) is 12.3 Å². The van der Waals surface area contributed by atoms with E-state index < -0.39 is 0 Å². The van der Waals surface area contributed by atoms with Gasteiger partial charge in [0.25, 0.3) is 0 Å². The number of hydrogen-bond donors (Lipinski definition) is 2. The molecule has 3 N–H and O–H groups in total. The number of rotatable bonds is 3. The summed E-state index contributed by atoms with van der Waals surface area (Å²) in [5.74, 6) is 1.14. The Bertz CT molecular complexity index is 437. The van der Waals surface area contributed by atoms with Crippen LogP contribution in [0.1, 0.15) is 0 Å². The Balaban J connectivity index is 2.33. The molecule has 0 saturated heterocycles. The van der Waals surface area contributed by atoms with Crippen LogP contribution in [0, 0.1) is 0 Å². The molecular formula is C11H14N2O3S. The van der Waals surface area contributed by atoms with E-state index in [1.54, 1.807) is 6.07 Å². The minimum atomic E-state index is -0.225. The fourth-order valence-electron chi connectivity index (χ4n) is 1.54. The van der Waals surface area contributed by atoms with E-state index in [4.69, 9.17) is 15.2 Å². The lowest BCUT2D eigenvalue weighted by atomic mass is 10.2. The first-order chi connectivity index (χ1) is 8.24. The van der Waals surface area contributed by atoms with Crippen LogP contribution in [0.15, 0.2) is 17.0 Å². The van der Waals surface area contributed by atoms with Gasteiger partial charge in [0.05, 0.1) is 12.2 Å². The van der Waals surface area contributed by atoms with Crippen molar-refractivity contribution in [2.75, 3.05) is 31.3 Å². The van der Waals surface area contributed by atoms with E-state index in [0.29, 0.717) is 30.4 Å². The van der Waals surface area contributed by atoms with E-state index in [-0.39, 0.29) is 12.5 Å². The number of nitrogens with one attached hydrogen (secondary N) is 1. The average molecular weight is 254 g/mol. The molecular weight excluding hydrogens is 240 g/mol. The van der Waals surface area contributed by atoms with E-state index in [0.717, 1.165) is 4.90 Å². The second-order valence-electron chi connectivity index (χ2n) is 3.45. The summed E-state index contributed by atoms with van der Waals surface area (Å²) in [6.45, 7) is 1.04. The Morgan fingerprint density at radius 2 is 2.06 bits per heavy atom. The molecule has 0 fully saturated rings. The highest BCUT2D eigenvalue weighted by Gasteiger charge is 2.16. The number of nitrogens with two attached hydrogens (primary N) is 1. The van der Waals surface area contributed by atoms with Gasteiger partial charge in [0.2, 0.25) is 5.91 Å². The van der Waals surface area contributed by atoms with Crippen molar-refractivity contribution >= 4 is 23.4 Å². The maximum atomic E-state index is 11.3. The molecule has 2 rings (SSSR count). The molecule has 0 spiro atoms. The third-order valence-corrected chi connectivity index (χ3v) is 3.10. The van der Waals surface area contributed by atoms with Crippen LogP contribution in [0.4, 0.5) is 5.69 Å². The molecule has 92 valence electrons. The summed E-state index contributed by atoms with van der Waals surface area (Å²) in [7, 11) is 0. The van der Waals surface area contributed by atoms with Gasteiger partial charge < -0.3 is 20.5 Å². The second kappa shape index (κ2) is 5.29. The quantitative estimate of drug-likeness (QED) is 0.789. The lowest BCUT2D eigenvalue weighted by Crippen LogP contribution is -2.22. The predicted octanol–water partition coefficient (Wildman–Crippen LogP) is 1.08. The fraction of sp³-hybridized carbons (Fsp3) is 0.364. The van der Waals surface area contributed by atoms with Gasteiger partial charge in [-0.25, -0.2) is 0 Å². The van der Waals surface area contributed by atoms with Gasteiger partial charge in [-0.1, -0.05) is 0 Å². The molecule has 0 atom stereocenters. The van der Waals surface area contributed by atoms with Crippen LogP contribution in [0.3, 0.4) is 0 Å². The molecule has 5 nitrogen and oxygen atoms in total. The summed E-state index contributed by atoms with van der Waals surface area (Å²) in [6.07, 6.45) is 1.93. The molecule has 0 bridgehead atoms. The normalized spacial score (nSPS) is 13.3. The van der Waals surface area contributed by atoms with Crippen molar-refractivity contribution in [1.29, 1.82) is 0 Å². The van der Waals surface area contributed by atoms with Crippen molar-refractivity contribution in [1.82, 2.24) is 0 Å². The van der Waals surface area contributed by atoms with E-state index in [9.17, 15) is 4.79 Å². The van der Waals surface area contributed by atoms with Gasteiger partial charge in [0.1, 0.15) is 13.2 Å². The van der Waals surface area contributed by atoms with Crippen LogP contribution in [0.5, 0.6) is 11.5 Å². The van der Waals surface area contributed by atoms with Crippen molar-refractivity contribution < 1.29 is 14.3 Å². The monoisotopic (exact) mass is 254 g/mol. The van der Waals surface area contributed by atoms with Crippen LogP contribution in [-0.4, -0.2) is 31.9 Å². The van der Waals surface area contributed by atoms with Crippen molar-refractivity contribution in [2.45, 2.75) is 4.90 Å². The zero-order chi connectivity index (χ0) is 12.3. The number of carbonyl (C=O) groups excluding carboxylic acids is 1. The molecule has 1 aromatic rings. The smallest absolute Gasteiger partial charge is 0.238 e. The SMILES string of the molecule is CSc1cc2c(cc1NC(=O)CN)OCCO2. The zero-order valence-corrected chi connectivity index (χ0v) is 10.3. The Morgan fingerprint density at radius 3 is 2.65 bits per heavy atom. The Morgan fingerprint density at radius 1 is 1.41 bits per heavy atom. The largest absolute Gasteiger partial charge is 0.486 e. The summed E-state index contributed by atoms with van der Waals surface area (Å²) < 4.78 is 10.9. The number of benzene rings is 1. The highest BCUT2D eigenvalue weighted by molar-refractivity contribution is 7.98. The first-order valence-corrected chi connectivity index (χ1v) is 6.44. The fourth-order valence-corrected chi connectivity index (χ4v) is 2.09. The number of fused-ring (bicyclic) bond motifs is 1. The molecule has 0 unspecified atom stereocenters. The summed E-state index contributed by atoms with van der Waals surface area (Å²) in [4.78, 5) is 12.2. The van der Waals surface area contributed by atoms with Crippen LogP contribution in [0.25, 0.3) is 0 Å². The lowest BCUT2D eigenvalue weighted by Gasteiger charge is -2.20. The number of ether oxygens (including phenoxy) is 2. The molecule has 1 aliphatic heterocycles. The lowest BCUT2D eigenvalue weighted by molar-refractivity contribution is -0.114. The van der Waals surface area contributed by atoms with E-state index in [1.165, 1.54) is 11.8 Å². The molecule has 17 heavy (non-hydrogen) atoms. The second-order valence-corrected chi connectivity index (χ2v) is 4.30. The third-order valence-electron chi connectivity index (χ3n) is 2.32. The highest BCUT2D eigenvalue weighted by atomic mass is 32.2. The molecule has 0 saturated carbocycles. The van der Waals surface area contributed by atoms with Crippen molar-refractivity contribution in [2.24, 2.45) is 5.73 Å². The third kappa shape index (κ3) is 2.65. The predicted molar refractivity (Wildman–Crippen MR) is 66.9 cm³/mol. The van der Waals surface area contributed by atoms with Crippen LogP contribution in [0.2, 0.25) is 0 Å². The van der Waals surface area contributed by atoms with Gasteiger partial charge in [0.15, 0.2) is 11.5 Å². The molecule has 1 amide bonds. The molecule has 0 aliphatic carbocycles. The van der Waals surface area contributed by atoms with Crippen LogP contribution >= 0.6 is 11.8 Å². The van der Waals surface area contributed by atoms with E-state index in [1.807, 2.05) is 12.3 Å². The number of carbonyl (C=O) groups is 1. The minimum absolute atomic E-state index is 0.0394. The minimum Gasteiger partial charge on any atom is -0.486 e. The first kappa shape index (κ1) is 12.1. The Hall–Kier alpha value is -1.40. The van der Waals surface area contributed by atoms with Crippen molar-refractivity contribution in [3.05, 3.63) is 12.1 Å². The van der Waals surface area contributed by atoms with Gasteiger partial charge in [0, 0.05) is 11.0 Å². The average Bonchev–Trinajstić information content (AvgIpc) is 2.37. The molecule has 1 aromatic carbocycles. The molecule has 6 heteroatoms. The zero-order valence-electron chi connectivity index (χ0n) is 9.49. The number of thioether (sulfide) groups is 1. The molecule has 0 aromatic heterocycles. The van der Waals surface area contributed by atoms with E-state index >= 15 is 0 Å². The number of hydrogen-bond acceptors (Lipinski definition) is 5. The topological polar surface area (TPSA) is 73.6 Å². The van der Waals surface area contributed by atoms with Gasteiger partial charge in [-0.3, -0.25) is 4.79 Å². The van der Waals surface area contributed by atoms with Crippen LogP contribution < -0.4 is 20.5 Å². The number of amides is 1. The summed E-state index contributed by atoms with van der Waals surface area (Å²) in [5, 5.41) is 2.74. The van der Waals surface area contributed by atoms with Crippen LogP contribution in [-0.2, 0) is 4.79 Å².